The highest BCUT2D eigenvalue weighted by atomic mass is 16.6. The molecule has 2 rings (SSSR count). The summed E-state index contributed by atoms with van der Waals surface area (Å²) in [5.41, 5.74) is 0.168. The van der Waals surface area contributed by atoms with Crippen LogP contribution in [-0.2, 0) is 12.8 Å². The number of nitro groups is 2. The molecule has 0 bridgehead atoms. The number of benzene rings is 2. The van der Waals surface area contributed by atoms with Crippen molar-refractivity contribution in [3.8, 4) is 5.75 Å². The van der Waals surface area contributed by atoms with E-state index in [0.29, 0.717) is 18.4 Å². The van der Waals surface area contributed by atoms with Crippen LogP contribution in [0.3, 0.4) is 0 Å². The molecule has 0 atom stereocenters. The normalized spacial score (nSPS) is 10.4. The largest absolute Gasteiger partial charge is 0.497 e. The van der Waals surface area contributed by atoms with E-state index in [1.54, 1.807) is 0 Å². The summed E-state index contributed by atoms with van der Waals surface area (Å²) in [5.74, 6) is -0.882. The Morgan fingerprint density at radius 1 is 0.909 bits per heavy atom. The molecule has 22 heavy (non-hydrogen) atoms. The fraction of sp³-hybridized carbons (Fsp3) is 0.200. The second kappa shape index (κ2) is 6.66. The minimum atomic E-state index is -0.882. The predicted molar refractivity (Wildman–Crippen MR) is 79.9 cm³/mol. The lowest BCUT2D eigenvalue weighted by molar-refractivity contribution is -0.396. The number of hydrogen-bond acceptors (Lipinski definition) is 5. The van der Waals surface area contributed by atoms with E-state index in [9.17, 15) is 25.3 Å². The Hall–Kier alpha value is -2.96. The van der Waals surface area contributed by atoms with Crippen LogP contribution < -0.4 is 0 Å². The molecule has 0 aliphatic carbocycles. The molecule has 7 nitrogen and oxygen atoms in total. The number of aryl methyl sites for hydroxylation is 2. The van der Waals surface area contributed by atoms with Crippen molar-refractivity contribution >= 4 is 11.4 Å². The topological polar surface area (TPSA) is 107 Å². The molecular weight excluding hydrogens is 288 g/mol. The molecule has 1 N–H and O–H groups in total. The van der Waals surface area contributed by atoms with Crippen LogP contribution in [0.4, 0.5) is 11.4 Å². The van der Waals surface area contributed by atoms with E-state index < -0.39 is 27.0 Å². The van der Waals surface area contributed by atoms with Crippen LogP contribution in [0, 0.1) is 20.2 Å². The maximum Gasteiger partial charge on any atom is 0.321 e. The van der Waals surface area contributed by atoms with Crippen molar-refractivity contribution in [2.24, 2.45) is 0 Å². The third-order valence-corrected chi connectivity index (χ3v) is 3.35. The van der Waals surface area contributed by atoms with E-state index in [0.717, 1.165) is 18.1 Å². The number of aromatic hydroxyl groups is 1. The van der Waals surface area contributed by atoms with Gasteiger partial charge in [0.05, 0.1) is 9.85 Å². The van der Waals surface area contributed by atoms with E-state index in [1.165, 1.54) is 6.07 Å². The highest BCUT2D eigenvalue weighted by molar-refractivity contribution is 5.63. The van der Waals surface area contributed by atoms with Gasteiger partial charge in [-0.25, -0.2) is 0 Å². The molecule has 0 fully saturated rings. The van der Waals surface area contributed by atoms with Gasteiger partial charge in [0.25, 0.3) is 5.75 Å². The molecule has 0 aliphatic rings. The number of nitro benzene ring substituents is 2. The first-order chi connectivity index (χ1) is 10.5. The lowest BCUT2D eigenvalue weighted by atomic mass is 10.0. The molecular formula is C15H14N2O5. The molecule has 0 spiro atoms. The highest BCUT2D eigenvalue weighted by Crippen LogP contribution is 2.38. The van der Waals surface area contributed by atoms with E-state index in [4.69, 9.17) is 0 Å². The fourth-order valence-corrected chi connectivity index (χ4v) is 2.29. The van der Waals surface area contributed by atoms with Crippen molar-refractivity contribution in [3.05, 3.63) is 73.8 Å². The Balaban J connectivity index is 2.18. The van der Waals surface area contributed by atoms with Crippen LogP contribution in [0.1, 0.15) is 17.5 Å². The molecule has 0 aliphatic heterocycles. The lowest BCUT2D eigenvalue weighted by Crippen LogP contribution is -2.00. The molecule has 0 aromatic heterocycles. The summed E-state index contributed by atoms with van der Waals surface area (Å²) < 4.78 is 0. The van der Waals surface area contributed by atoms with E-state index >= 15 is 0 Å². The van der Waals surface area contributed by atoms with Gasteiger partial charge in [-0.2, -0.15) is 0 Å². The van der Waals surface area contributed by atoms with E-state index in [2.05, 4.69) is 0 Å². The number of rotatable bonds is 6. The van der Waals surface area contributed by atoms with Crippen molar-refractivity contribution in [3.63, 3.8) is 0 Å². The maximum atomic E-state index is 11.1. The van der Waals surface area contributed by atoms with Gasteiger partial charge in [-0.15, -0.1) is 0 Å². The van der Waals surface area contributed by atoms with Gasteiger partial charge in [-0.3, -0.25) is 20.2 Å². The predicted octanol–water partition coefficient (Wildman–Crippen LogP) is 3.38. The summed E-state index contributed by atoms with van der Waals surface area (Å²) in [7, 11) is 0. The smallest absolute Gasteiger partial charge is 0.321 e. The zero-order chi connectivity index (χ0) is 16.1. The van der Waals surface area contributed by atoms with Crippen LogP contribution >= 0.6 is 0 Å². The number of phenolic OH excluding ortho intramolecular Hbond substituents is 1. The first kappa shape index (κ1) is 15.4. The maximum absolute atomic E-state index is 11.1. The number of phenols is 1. The van der Waals surface area contributed by atoms with Gasteiger partial charge in [0.2, 0.25) is 0 Å². The monoisotopic (exact) mass is 302 g/mol. The summed E-state index contributed by atoms with van der Waals surface area (Å²) >= 11 is 0. The SMILES string of the molecule is O=[N+]([O-])c1ccc(CCCc2ccccc2)c([N+](=O)[O-])c1O. The Morgan fingerprint density at radius 2 is 1.59 bits per heavy atom. The highest BCUT2D eigenvalue weighted by Gasteiger charge is 2.28. The van der Waals surface area contributed by atoms with Crippen molar-refractivity contribution < 1.29 is 15.0 Å². The average molecular weight is 302 g/mol. The zero-order valence-electron chi connectivity index (χ0n) is 11.6. The minimum Gasteiger partial charge on any atom is -0.497 e. The third kappa shape index (κ3) is 3.38. The van der Waals surface area contributed by atoms with Crippen molar-refractivity contribution in [2.75, 3.05) is 0 Å². The summed E-state index contributed by atoms with van der Waals surface area (Å²) in [6.45, 7) is 0. The quantitative estimate of drug-likeness (QED) is 0.650. The third-order valence-electron chi connectivity index (χ3n) is 3.35. The van der Waals surface area contributed by atoms with Crippen LogP contribution in [-0.4, -0.2) is 15.0 Å². The Morgan fingerprint density at radius 3 is 2.18 bits per heavy atom. The van der Waals surface area contributed by atoms with Gasteiger partial charge in [-0.05, 0) is 30.9 Å². The average Bonchev–Trinajstić information content (AvgIpc) is 2.47. The summed E-state index contributed by atoms with van der Waals surface area (Å²) in [5, 5.41) is 31.5. The molecule has 2 aromatic carbocycles. The van der Waals surface area contributed by atoms with Crippen LogP contribution in [0.25, 0.3) is 0 Å². The van der Waals surface area contributed by atoms with Gasteiger partial charge >= 0.3 is 11.4 Å². The Bertz CT molecular complexity index is 701. The van der Waals surface area contributed by atoms with Crippen molar-refractivity contribution in [1.29, 1.82) is 0 Å². The second-order valence-electron chi connectivity index (χ2n) is 4.79. The molecule has 0 amide bonds. The Labute approximate surface area is 126 Å². The molecule has 7 heteroatoms. The first-order valence-electron chi connectivity index (χ1n) is 6.68. The minimum absolute atomic E-state index is 0.295. The Kier molecular flexibility index (Phi) is 4.67. The molecule has 114 valence electrons. The summed E-state index contributed by atoms with van der Waals surface area (Å²) in [6.07, 6.45) is 1.73. The molecule has 0 radical (unpaired) electrons. The summed E-state index contributed by atoms with van der Waals surface area (Å²) in [6, 6.07) is 12.1. The molecule has 2 aromatic rings. The van der Waals surface area contributed by atoms with E-state index in [1.807, 2.05) is 30.3 Å². The lowest BCUT2D eigenvalue weighted by Gasteiger charge is -2.05. The van der Waals surface area contributed by atoms with Gasteiger partial charge in [0, 0.05) is 11.6 Å². The zero-order valence-corrected chi connectivity index (χ0v) is 11.6. The van der Waals surface area contributed by atoms with Gasteiger partial charge in [0.15, 0.2) is 0 Å². The van der Waals surface area contributed by atoms with Gasteiger partial charge in [-0.1, -0.05) is 30.3 Å². The van der Waals surface area contributed by atoms with Crippen molar-refractivity contribution in [1.82, 2.24) is 0 Å². The molecule has 0 saturated heterocycles. The van der Waals surface area contributed by atoms with Gasteiger partial charge < -0.3 is 5.11 Å². The molecule has 0 heterocycles. The van der Waals surface area contributed by atoms with Crippen LogP contribution in [0.2, 0.25) is 0 Å². The van der Waals surface area contributed by atoms with Crippen LogP contribution in [0.5, 0.6) is 5.75 Å². The first-order valence-corrected chi connectivity index (χ1v) is 6.68. The van der Waals surface area contributed by atoms with Crippen LogP contribution in [0.15, 0.2) is 42.5 Å². The van der Waals surface area contributed by atoms with Gasteiger partial charge in [0.1, 0.15) is 0 Å². The fourth-order valence-electron chi connectivity index (χ4n) is 2.29. The second-order valence-corrected chi connectivity index (χ2v) is 4.79. The molecule has 0 saturated carbocycles. The van der Waals surface area contributed by atoms with E-state index in [-0.39, 0.29) is 0 Å². The van der Waals surface area contributed by atoms with Crippen molar-refractivity contribution in [2.45, 2.75) is 19.3 Å². The summed E-state index contributed by atoms with van der Waals surface area (Å²) in [4.78, 5) is 20.2. The number of nitrogens with zero attached hydrogens (tertiary/aromatic N) is 2. The molecule has 0 unspecified atom stereocenters. The number of hydrogen-bond donors (Lipinski definition) is 1. The standard InChI is InChI=1S/C15H14N2O5/c18-15-13(16(19)20)10-9-12(14(15)17(21)22)8-4-7-11-5-2-1-3-6-11/h1-3,5-6,9-10,18H,4,7-8H2.